The van der Waals surface area contributed by atoms with Crippen molar-refractivity contribution in [2.45, 2.75) is 46.2 Å². The zero-order valence-corrected chi connectivity index (χ0v) is 12.8. The third-order valence-electron chi connectivity index (χ3n) is 3.52. The minimum Gasteiger partial charge on any atom is -0.507 e. The van der Waals surface area contributed by atoms with Crippen LogP contribution in [0, 0.1) is 0 Å². The van der Waals surface area contributed by atoms with E-state index in [0.29, 0.717) is 28.7 Å². The number of phenols is 1. The van der Waals surface area contributed by atoms with E-state index in [9.17, 15) is 9.90 Å². The van der Waals surface area contributed by atoms with Gasteiger partial charge in [-0.3, -0.25) is 9.69 Å². The SMILES string of the molecule is CCC(CC)N(C)Cc1cc(Cl)cc(C(C)=O)c1O. The molecule has 0 amide bonds. The van der Waals surface area contributed by atoms with Crippen molar-refractivity contribution < 1.29 is 9.90 Å². The number of carbonyl (C=O) groups excluding carboxylic acids is 1. The molecule has 0 unspecified atom stereocenters. The van der Waals surface area contributed by atoms with E-state index in [4.69, 9.17) is 11.6 Å². The highest BCUT2D eigenvalue weighted by Crippen LogP contribution is 2.29. The first-order valence-electron chi connectivity index (χ1n) is 6.63. The van der Waals surface area contributed by atoms with Crippen LogP contribution in [0.3, 0.4) is 0 Å². The number of hydrogen-bond donors (Lipinski definition) is 1. The number of benzene rings is 1. The van der Waals surface area contributed by atoms with E-state index in [2.05, 4.69) is 18.7 Å². The van der Waals surface area contributed by atoms with Crippen molar-refractivity contribution in [1.82, 2.24) is 4.90 Å². The first-order chi connectivity index (χ1) is 8.90. The Balaban J connectivity index is 3.04. The number of hydrogen-bond acceptors (Lipinski definition) is 3. The van der Waals surface area contributed by atoms with Crippen LogP contribution >= 0.6 is 11.6 Å². The first-order valence-corrected chi connectivity index (χ1v) is 7.01. The smallest absolute Gasteiger partial charge is 0.163 e. The number of carbonyl (C=O) groups is 1. The molecule has 4 heteroatoms. The normalized spacial score (nSPS) is 11.3. The second-order valence-corrected chi connectivity index (χ2v) is 5.34. The Morgan fingerprint density at radius 1 is 1.37 bits per heavy atom. The number of nitrogens with zero attached hydrogens (tertiary/aromatic N) is 1. The fourth-order valence-electron chi connectivity index (χ4n) is 2.35. The summed E-state index contributed by atoms with van der Waals surface area (Å²) < 4.78 is 0. The molecule has 0 aliphatic heterocycles. The van der Waals surface area contributed by atoms with Crippen LogP contribution in [-0.4, -0.2) is 28.9 Å². The molecule has 0 saturated carbocycles. The lowest BCUT2D eigenvalue weighted by Gasteiger charge is -2.26. The Kier molecular flexibility index (Phi) is 5.83. The fraction of sp³-hybridized carbons (Fsp3) is 0.533. The third kappa shape index (κ3) is 3.95. The molecular weight excluding hydrogens is 262 g/mol. The first kappa shape index (κ1) is 16.0. The number of rotatable bonds is 6. The monoisotopic (exact) mass is 283 g/mol. The molecule has 1 aromatic carbocycles. The van der Waals surface area contributed by atoms with Crippen LogP contribution in [-0.2, 0) is 6.54 Å². The summed E-state index contributed by atoms with van der Waals surface area (Å²) in [6, 6.07) is 3.70. The molecule has 3 nitrogen and oxygen atoms in total. The van der Waals surface area contributed by atoms with Gasteiger partial charge in [0, 0.05) is 23.2 Å². The molecule has 0 aromatic heterocycles. The zero-order chi connectivity index (χ0) is 14.6. The maximum absolute atomic E-state index is 11.5. The second-order valence-electron chi connectivity index (χ2n) is 4.90. The fourth-order valence-corrected chi connectivity index (χ4v) is 2.60. The van der Waals surface area contributed by atoms with Gasteiger partial charge in [-0.15, -0.1) is 0 Å². The molecule has 0 fully saturated rings. The van der Waals surface area contributed by atoms with Gasteiger partial charge in [-0.25, -0.2) is 0 Å². The molecule has 0 spiro atoms. The van der Waals surface area contributed by atoms with Gasteiger partial charge in [-0.05, 0) is 38.9 Å². The summed E-state index contributed by atoms with van der Waals surface area (Å²) in [7, 11) is 2.02. The molecule has 0 radical (unpaired) electrons. The van der Waals surface area contributed by atoms with E-state index in [0.717, 1.165) is 12.8 Å². The molecule has 0 heterocycles. The number of Topliss-reactive ketones (excluding diaryl/α,β-unsaturated/α-hetero) is 1. The van der Waals surface area contributed by atoms with Gasteiger partial charge in [0.05, 0.1) is 5.56 Å². The van der Waals surface area contributed by atoms with Crippen LogP contribution in [0.2, 0.25) is 5.02 Å². The average molecular weight is 284 g/mol. The van der Waals surface area contributed by atoms with Gasteiger partial charge in [-0.1, -0.05) is 25.4 Å². The Morgan fingerprint density at radius 2 is 1.95 bits per heavy atom. The summed E-state index contributed by atoms with van der Waals surface area (Å²) in [6.45, 7) is 6.30. The van der Waals surface area contributed by atoms with Crippen molar-refractivity contribution in [2.75, 3.05) is 7.05 Å². The molecule has 1 N–H and O–H groups in total. The lowest BCUT2D eigenvalue weighted by atomic mass is 10.0. The number of aromatic hydroxyl groups is 1. The van der Waals surface area contributed by atoms with Gasteiger partial charge in [0.15, 0.2) is 5.78 Å². The van der Waals surface area contributed by atoms with Gasteiger partial charge in [0.1, 0.15) is 5.75 Å². The van der Waals surface area contributed by atoms with Gasteiger partial charge in [0.2, 0.25) is 0 Å². The quantitative estimate of drug-likeness (QED) is 0.806. The third-order valence-corrected chi connectivity index (χ3v) is 3.74. The van der Waals surface area contributed by atoms with Gasteiger partial charge in [0.25, 0.3) is 0 Å². The molecule has 0 aliphatic carbocycles. The zero-order valence-electron chi connectivity index (χ0n) is 12.0. The maximum atomic E-state index is 11.5. The molecule has 0 bridgehead atoms. The van der Waals surface area contributed by atoms with E-state index in [1.807, 2.05) is 7.05 Å². The molecular formula is C15H22ClNO2. The summed E-state index contributed by atoms with van der Waals surface area (Å²) in [5.41, 5.74) is 0.993. The highest BCUT2D eigenvalue weighted by Gasteiger charge is 2.17. The molecule has 0 saturated heterocycles. The molecule has 106 valence electrons. The summed E-state index contributed by atoms with van der Waals surface area (Å²) in [6.07, 6.45) is 2.10. The number of halogens is 1. The minimum absolute atomic E-state index is 0.0507. The average Bonchev–Trinajstić information content (AvgIpc) is 2.34. The molecule has 0 atom stereocenters. The Labute approximate surface area is 120 Å². The highest BCUT2D eigenvalue weighted by atomic mass is 35.5. The van der Waals surface area contributed by atoms with Gasteiger partial charge in [-0.2, -0.15) is 0 Å². The van der Waals surface area contributed by atoms with Crippen LogP contribution in [0.5, 0.6) is 5.75 Å². The van der Waals surface area contributed by atoms with E-state index < -0.39 is 0 Å². The molecule has 1 aromatic rings. The largest absolute Gasteiger partial charge is 0.507 e. The van der Waals surface area contributed by atoms with Crippen LogP contribution in [0.15, 0.2) is 12.1 Å². The van der Waals surface area contributed by atoms with Crippen molar-refractivity contribution in [3.63, 3.8) is 0 Å². The van der Waals surface area contributed by atoms with Crippen molar-refractivity contribution in [1.29, 1.82) is 0 Å². The Bertz CT molecular complexity index is 456. The topological polar surface area (TPSA) is 40.5 Å². The van der Waals surface area contributed by atoms with Gasteiger partial charge < -0.3 is 5.11 Å². The minimum atomic E-state index is -0.175. The molecule has 19 heavy (non-hydrogen) atoms. The second kappa shape index (κ2) is 6.92. The maximum Gasteiger partial charge on any atom is 0.163 e. The van der Waals surface area contributed by atoms with Crippen LogP contribution in [0.1, 0.15) is 49.5 Å². The van der Waals surface area contributed by atoms with E-state index in [1.165, 1.54) is 13.0 Å². The predicted molar refractivity (Wildman–Crippen MR) is 79.0 cm³/mol. The van der Waals surface area contributed by atoms with Crippen molar-refractivity contribution in [3.8, 4) is 5.75 Å². The molecule has 1 rings (SSSR count). The number of ketones is 1. The van der Waals surface area contributed by atoms with Crippen molar-refractivity contribution in [3.05, 3.63) is 28.3 Å². The standard InChI is InChI=1S/C15H22ClNO2/c1-5-13(6-2)17(4)9-11-7-12(16)8-14(10(3)18)15(11)19/h7-8,13,19H,5-6,9H2,1-4H3. The van der Waals surface area contributed by atoms with Crippen LogP contribution in [0.4, 0.5) is 0 Å². The lowest BCUT2D eigenvalue weighted by Crippen LogP contribution is -2.30. The molecule has 0 aliphatic rings. The van der Waals surface area contributed by atoms with E-state index >= 15 is 0 Å². The summed E-state index contributed by atoms with van der Waals surface area (Å²) >= 11 is 6.01. The highest BCUT2D eigenvalue weighted by molar-refractivity contribution is 6.31. The summed E-state index contributed by atoms with van der Waals surface area (Å²) in [5, 5.41) is 10.6. The van der Waals surface area contributed by atoms with Crippen molar-refractivity contribution in [2.24, 2.45) is 0 Å². The van der Waals surface area contributed by atoms with E-state index in [1.54, 1.807) is 6.07 Å². The van der Waals surface area contributed by atoms with Crippen molar-refractivity contribution >= 4 is 17.4 Å². The van der Waals surface area contributed by atoms with Crippen LogP contribution < -0.4 is 0 Å². The summed E-state index contributed by atoms with van der Waals surface area (Å²) in [4.78, 5) is 13.6. The Hall–Kier alpha value is -1.06. The van der Waals surface area contributed by atoms with E-state index in [-0.39, 0.29) is 11.5 Å². The Morgan fingerprint density at radius 3 is 2.42 bits per heavy atom. The predicted octanol–water partition coefficient (Wildman–Crippen LogP) is 3.87. The lowest BCUT2D eigenvalue weighted by molar-refractivity contribution is 0.101. The number of phenolic OH excluding ortho intramolecular Hbond substituents is 1. The van der Waals surface area contributed by atoms with Gasteiger partial charge >= 0.3 is 0 Å². The summed E-state index contributed by atoms with van der Waals surface area (Å²) in [5.74, 6) is -0.124. The van der Waals surface area contributed by atoms with Crippen LogP contribution in [0.25, 0.3) is 0 Å².